The fourth-order valence-corrected chi connectivity index (χ4v) is 5.62. The van der Waals surface area contributed by atoms with Gasteiger partial charge in [-0.15, -0.1) is 0 Å². The third-order valence-corrected chi connectivity index (χ3v) is 7.33. The van der Waals surface area contributed by atoms with Crippen molar-refractivity contribution in [1.29, 1.82) is 0 Å². The Bertz CT molecular complexity index is 642. The molecule has 4 aliphatic heterocycles. The minimum Gasteiger partial charge on any atom is -0.341 e. The molecule has 1 unspecified atom stereocenters. The second kappa shape index (κ2) is 10.0. The summed E-state index contributed by atoms with van der Waals surface area (Å²) in [4.78, 5) is 58.4. The lowest BCUT2D eigenvalue weighted by atomic mass is 10.1. The van der Waals surface area contributed by atoms with E-state index in [0.29, 0.717) is 19.5 Å². The van der Waals surface area contributed by atoms with Crippen molar-refractivity contribution in [3.63, 3.8) is 0 Å². The van der Waals surface area contributed by atoms with E-state index in [1.54, 1.807) is 9.80 Å². The molecule has 4 rings (SSSR count). The molecule has 0 radical (unpaired) electrons. The molecule has 4 saturated heterocycles. The van der Waals surface area contributed by atoms with E-state index in [1.165, 1.54) is 0 Å². The number of hydrogen-bond acceptors (Lipinski definition) is 4. The van der Waals surface area contributed by atoms with Crippen LogP contribution in [0.5, 0.6) is 0 Å². The van der Waals surface area contributed by atoms with Gasteiger partial charge >= 0.3 is 0 Å². The van der Waals surface area contributed by atoms with E-state index in [-0.39, 0.29) is 48.6 Å². The van der Waals surface area contributed by atoms with Crippen LogP contribution in [0.3, 0.4) is 0 Å². The van der Waals surface area contributed by atoms with Gasteiger partial charge in [0, 0.05) is 52.1 Å². The van der Waals surface area contributed by atoms with Crippen molar-refractivity contribution >= 4 is 23.6 Å². The number of amides is 4. The van der Waals surface area contributed by atoms with Gasteiger partial charge in [-0.05, 0) is 57.8 Å². The largest absolute Gasteiger partial charge is 0.341 e. The predicted molar refractivity (Wildman–Crippen MR) is 115 cm³/mol. The average Bonchev–Trinajstić information content (AvgIpc) is 3.59. The number of rotatable bonds is 6. The molecule has 4 heterocycles. The molecule has 0 bridgehead atoms. The smallest absolute Gasteiger partial charge is 0.245 e. The molecular weight excluding hydrogens is 396 g/mol. The highest BCUT2D eigenvalue weighted by Gasteiger charge is 2.38. The normalized spacial score (nSPS) is 26.2. The first kappa shape index (κ1) is 22.1. The molecular formula is C23H36N4O4. The van der Waals surface area contributed by atoms with Gasteiger partial charge in [0.05, 0.1) is 0 Å². The van der Waals surface area contributed by atoms with Crippen molar-refractivity contribution in [2.45, 2.75) is 82.7 Å². The van der Waals surface area contributed by atoms with Gasteiger partial charge in [-0.3, -0.25) is 19.2 Å². The summed E-state index contributed by atoms with van der Waals surface area (Å²) >= 11 is 0. The van der Waals surface area contributed by atoms with Crippen LogP contribution in [0.2, 0.25) is 0 Å². The Kier molecular flexibility index (Phi) is 7.13. The number of nitrogens with zero attached hydrogens (tertiary/aromatic N) is 4. The van der Waals surface area contributed by atoms with E-state index in [9.17, 15) is 19.2 Å². The van der Waals surface area contributed by atoms with Crippen LogP contribution in [0.25, 0.3) is 0 Å². The van der Waals surface area contributed by atoms with Crippen LogP contribution in [0.1, 0.15) is 70.6 Å². The molecule has 4 aliphatic rings. The first-order valence-corrected chi connectivity index (χ1v) is 12.2. The van der Waals surface area contributed by atoms with Crippen LogP contribution in [-0.4, -0.2) is 94.6 Å². The molecule has 8 heteroatoms. The molecule has 2 atom stereocenters. The number of likely N-dealkylation sites (tertiary alicyclic amines) is 4. The highest BCUT2D eigenvalue weighted by Crippen LogP contribution is 2.25. The zero-order chi connectivity index (χ0) is 21.8. The van der Waals surface area contributed by atoms with Gasteiger partial charge in [0.1, 0.15) is 12.1 Å². The van der Waals surface area contributed by atoms with Crippen LogP contribution in [0.4, 0.5) is 0 Å². The van der Waals surface area contributed by atoms with Crippen LogP contribution in [-0.2, 0) is 19.2 Å². The average molecular weight is 433 g/mol. The Labute approximate surface area is 184 Å². The summed E-state index contributed by atoms with van der Waals surface area (Å²) in [6.45, 7) is 4.49. The molecule has 0 spiro atoms. The van der Waals surface area contributed by atoms with Crippen LogP contribution >= 0.6 is 0 Å². The summed E-state index contributed by atoms with van der Waals surface area (Å²) in [6.07, 6.45) is 8.45. The van der Waals surface area contributed by atoms with E-state index < -0.39 is 0 Å². The van der Waals surface area contributed by atoms with Crippen LogP contribution in [0, 0.1) is 0 Å². The Morgan fingerprint density at radius 2 is 0.935 bits per heavy atom. The lowest BCUT2D eigenvalue weighted by Crippen LogP contribution is -2.47. The summed E-state index contributed by atoms with van der Waals surface area (Å²) in [7, 11) is 0. The standard InChI is InChI=1S/C23H36N4O4/c28-20(26-16-6-8-18(26)22(30)24-12-1-2-13-24)10-5-11-21(29)27-17-7-9-19(27)23(31)25-14-3-4-15-25/h18-19H,1-17H2/t18-,19?/m0/s1. The summed E-state index contributed by atoms with van der Waals surface area (Å²) in [6, 6.07) is -0.635. The molecule has 0 saturated carbocycles. The predicted octanol–water partition coefficient (Wildman–Crippen LogP) is 1.38. The van der Waals surface area contributed by atoms with E-state index in [1.807, 2.05) is 9.80 Å². The molecule has 172 valence electrons. The molecule has 0 aromatic heterocycles. The molecule has 4 fully saturated rings. The fourth-order valence-electron chi connectivity index (χ4n) is 5.62. The first-order valence-electron chi connectivity index (χ1n) is 12.2. The van der Waals surface area contributed by atoms with E-state index in [0.717, 1.165) is 77.5 Å². The van der Waals surface area contributed by atoms with Crippen molar-refractivity contribution in [1.82, 2.24) is 19.6 Å². The lowest BCUT2D eigenvalue weighted by Gasteiger charge is -2.28. The van der Waals surface area contributed by atoms with Crippen molar-refractivity contribution in [2.75, 3.05) is 39.3 Å². The molecule has 4 amide bonds. The van der Waals surface area contributed by atoms with E-state index >= 15 is 0 Å². The quantitative estimate of drug-likeness (QED) is 0.635. The molecule has 31 heavy (non-hydrogen) atoms. The highest BCUT2D eigenvalue weighted by atomic mass is 16.2. The van der Waals surface area contributed by atoms with Gasteiger partial charge in [0.25, 0.3) is 0 Å². The fraction of sp³-hybridized carbons (Fsp3) is 0.826. The molecule has 0 N–H and O–H groups in total. The first-order chi connectivity index (χ1) is 15.1. The summed E-state index contributed by atoms with van der Waals surface area (Å²) in [5.41, 5.74) is 0. The van der Waals surface area contributed by atoms with Crippen molar-refractivity contribution < 1.29 is 19.2 Å². The Morgan fingerprint density at radius 1 is 0.548 bits per heavy atom. The molecule has 8 nitrogen and oxygen atoms in total. The second-order valence-electron chi connectivity index (χ2n) is 9.41. The van der Waals surface area contributed by atoms with Crippen molar-refractivity contribution in [3.05, 3.63) is 0 Å². The molecule has 0 aromatic carbocycles. The zero-order valence-corrected chi connectivity index (χ0v) is 18.6. The SMILES string of the molecule is O=C(C1CCCN1C(=O)CCCC(=O)N1CCC[C@H]1C(=O)N1CCCC1)N1CCCC1. The molecule has 0 aromatic rings. The minimum atomic E-state index is -0.317. The summed E-state index contributed by atoms with van der Waals surface area (Å²) < 4.78 is 0. The van der Waals surface area contributed by atoms with Gasteiger partial charge in [-0.2, -0.15) is 0 Å². The Morgan fingerprint density at radius 3 is 1.32 bits per heavy atom. The third-order valence-electron chi connectivity index (χ3n) is 7.33. The van der Waals surface area contributed by atoms with Gasteiger partial charge < -0.3 is 19.6 Å². The van der Waals surface area contributed by atoms with Gasteiger partial charge in [0.15, 0.2) is 0 Å². The lowest BCUT2D eigenvalue weighted by molar-refractivity contribution is -0.144. The third kappa shape index (κ3) is 4.88. The second-order valence-corrected chi connectivity index (χ2v) is 9.41. The topological polar surface area (TPSA) is 81.2 Å². The number of carbonyl (C=O) groups excluding carboxylic acids is 4. The summed E-state index contributed by atoms with van der Waals surface area (Å²) in [5.74, 6) is 0.155. The van der Waals surface area contributed by atoms with E-state index in [2.05, 4.69) is 0 Å². The minimum absolute atomic E-state index is 0.0195. The van der Waals surface area contributed by atoms with Gasteiger partial charge in [-0.1, -0.05) is 0 Å². The monoisotopic (exact) mass is 432 g/mol. The van der Waals surface area contributed by atoms with Crippen molar-refractivity contribution in [2.24, 2.45) is 0 Å². The Hall–Kier alpha value is -2.12. The zero-order valence-electron chi connectivity index (χ0n) is 18.6. The van der Waals surface area contributed by atoms with Crippen molar-refractivity contribution in [3.8, 4) is 0 Å². The maximum absolute atomic E-state index is 12.8. The van der Waals surface area contributed by atoms with Crippen LogP contribution in [0.15, 0.2) is 0 Å². The molecule has 0 aliphatic carbocycles. The number of hydrogen-bond donors (Lipinski definition) is 0. The van der Waals surface area contributed by atoms with Gasteiger partial charge in [0.2, 0.25) is 23.6 Å². The van der Waals surface area contributed by atoms with E-state index in [4.69, 9.17) is 0 Å². The summed E-state index contributed by atoms with van der Waals surface area (Å²) in [5, 5.41) is 0. The highest BCUT2D eigenvalue weighted by molar-refractivity contribution is 5.90. The van der Waals surface area contributed by atoms with Crippen LogP contribution < -0.4 is 0 Å². The Balaban J connectivity index is 1.24. The maximum Gasteiger partial charge on any atom is 0.245 e. The maximum atomic E-state index is 12.8. The van der Waals surface area contributed by atoms with Gasteiger partial charge in [-0.25, -0.2) is 0 Å². The number of carbonyl (C=O) groups is 4.